The number of nitrogens with zero attached hydrogens (tertiary/aromatic N) is 1. The van der Waals surface area contributed by atoms with Crippen LogP contribution in [-0.2, 0) is 23.1 Å². The van der Waals surface area contributed by atoms with Gasteiger partial charge in [-0.1, -0.05) is 67.4 Å². The van der Waals surface area contributed by atoms with Gasteiger partial charge in [-0.25, -0.2) is 8.42 Å². The average Bonchev–Trinajstić information content (AvgIpc) is 3.67. The van der Waals surface area contributed by atoms with Crippen molar-refractivity contribution in [3.05, 3.63) is 95.6 Å². The maximum atomic E-state index is 13.5. The maximum Gasteiger partial charge on any atom is 0.573 e. The molecule has 0 spiro atoms. The molecule has 3 aromatic rings. The second-order valence-corrected chi connectivity index (χ2v) is 10.8. The van der Waals surface area contributed by atoms with Gasteiger partial charge in [-0.15, -0.1) is 13.2 Å². The average molecular weight is 518 g/mol. The molecule has 5 nitrogen and oxygen atoms in total. The number of hydrogen-bond acceptors (Lipinski definition) is 4. The lowest BCUT2D eigenvalue weighted by atomic mass is 10.0. The minimum Gasteiger partial charge on any atom is -0.406 e. The number of carbonyl (C=O) groups excluding carboxylic acids is 1. The van der Waals surface area contributed by atoms with Gasteiger partial charge < -0.3 is 4.74 Å². The molecule has 4 rings (SSSR count). The number of hydrogen-bond donors (Lipinski definition) is 0. The van der Waals surface area contributed by atoms with Crippen LogP contribution in [0.25, 0.3) is 0 Å². The zero-order valence-corrected chi connectivity index (χ0v) is 20.3. The fourth-order valence-corrected chi connectivity index (χ4v) is 5.28. The number of benzene rings is 3. The van der Waals surface area contributed by atoms with Gasteiger partial charge in [0.1, 0.15) is 5.75 Å². The molecule has 0 atom stereocenters. The van der Waals surface area contributed by atoms with Gasteiger partial charge in [0.25, 0.3) is 0 Å². The molecule has 0 unspecified atom stereocenters. The Balaban J connectivity index is 1.54. The molecule has 9 heteroatoms. The molecule has 0 amide bonds. The van der Waals surface area contributed by atoms with E-state index < -0.39 is 22.1 Å². The molecule has 36 heavy (non-hydrogen) atoms. The van der Waals surface area contributed by atoms with Crippen LogP contribution in [0.5, 0.6) is 5.75 Å². The number of alkyl halides is 3. The van der Waals surface area contributed by atoms with Gasteiger partial charge in [-0.05, 0) is 47.7 Å². The van der Waals surface area contributed by atoms with E-state index in [0.717, 1.165) is 36.2 Å². The SMILES string of the molecule is O=C(CCC1CC1)c1ccc(CN(Cc2ccccc2)S(=O)(=O)c2ccc(OC(F)(F)F)cc2)cc1. The summed E-state index contributed by atoms with van der Waals surface area (Å²) in [5.74, 6) is 0.237. The second kappa shape index (κ2) is 10.8. The summed E-state index contributed by atoms with van der Waals surface area (Å²) in [6.45, 7) is 0.0839. The van der Waals surface area contributed by atoms with E-state index in [9.17, 15) is 26.4 Å². The predicted octanol–water partition coefficient (Wildman–Crippen LogP) is 6.35. The number of sulfonamides is 1. The third-order valence-electron chi connectivity index (χ3n) is 6.01. The minimum absolute atomic E-state index is 0.0224. The third kappa shape index (κ3) is 7.18. The summed E-state index contributed by atoms with van der Waals surface area (Å²) in [5.41, 5.74) is 2.03. The van der Waals surface area contributed by atoms with Crippen LogP contribution < -0.4 is 4.74 Å². The summed E-state index contributed by atoms with van der Waals surface area (Å²) in [6.07, 6.45) is -1.08. The van der Waals surface area contributed by atoms with Crippen molar-refractivity contribution in [3.63, 3.8) is 0 Å². The van der Waals surface area contributed by atoms with Crippen LogP contribution in [0.4, 0.5) is 13.2 Å². The first-order chi connectivity index (χ1) is 17.1. The third-order valence-corrected chi connectivity index (χ3v) is 7.81. The lowest BCUT2D eigenvalue weighted by Gasteiger charge is -2.23. The lowest BCUT2D eigenvalue weighted by Crippen LogP contribution is -2.30. The standard InChI is InChI=1S/C27H26F3NO4S/c28-27(29,30)35-24-13-15-25(16-14-24)36(33,34)31(18-21-4-2-1-3-5-21)19-22-8-11-23(12-9-22)26(32)17-10-20-6-7-20/h1-5,8-9,11-16,20H,6-7,10,17-19H2. The fourth-order valence-electron chi connectivity index (χ4n) is 3.86. The van der Waals surface area contributed by atoms with E-state index in [2.05, 4.69) is 4.74 Å². The van der Waals surface area contributed by atoms with E-state index in [0.29, 0.717) is 23.5 Å². The summed E-state index contributed by atoms with van der Waals surface area (Å²) in [4.78, 5) is 12.3. The van der Waals surface area contributed by atoms with Gasteiger partial charge in [0.05, 0.1) is 4.90 Å². The molecule has 0 N–H and O–H groups in total. The molecular formula is C27H26F3NO4S. The first kappa shape index (κ1) is 25.9. The number of ether oxygens (including phenoxy) is 1. The van der Waals surface area contributed by atoms with E-state index in [1.807, 2.05) is 6.07 Å². The van der Waals surface area contributed by atoms with Crippen molar-refractivity contribution in [2.45, 2.75) is 50.0 Å². The molecule has 190 valence electrons. The first-order valence-corrected chi connectivity index (χ1v) is 13.1. The number of carbonyl (C=O) groups is 1. The van der Waals surface area contributed by atoms with Crippen molar-refractivity contribution in [2.75, 3.05) is 0 Å². The Bertz CT molecular complexity index is 1270. The zero-order chi connectivity index (χ0) is 25.8. The summed E-state index contributed by atoms with van der Waals surface area (Å²) < 4.78 is 69.5. The molecule has 0 saturated heterocycles. The topological polar surface area (TPSA) is 63.7 Å². The van der Waals surface area contributed by atoms with Crippen LogP contribution in [0.1, 0.15) is 47.2 Å². The van der Waals surface area contributed by atoms with Crippen molar-refractivity contribution in [1.82, 2.24) is 4.31 Å². The van der Waals surface area contributed by atoms with Gasteiger partial charge in [0, 0.05) is 25.1 Å². The summed E-state index contributed by atoms with van der Waals surface area (Å²) in [7, 11) is -4.07. The van der Waals surface area contributed by atoms with Gasteiger partial charge in [-0.3, -0.25) is 4.79 Å². The van der Waals surface area contributed by atoms with E-state index in [1.54, 1.807) is 48.5 Å². The summed E-state index contributed by atoms with van der Waals surface area (Å²) in [5, 5.41) is 0. The van der Waals surface area contributed by atoms with Crippen LogP contribution >= 0.6 is 0 Å². The van der Waals surface area contributed by atoms with E-state index in [-0.39, 0.29) is 23.8 Å². The second-order valence-electron chi connectivity index (χ2n) is 8.88. The molecule has 0 heterocycles. The van der Waals surface area contributed by atoms with Crippen LogP contribution in [-0.4, -0.2) is 24.9 Å². The highest BCUT2D eigenvalue weighted by molar-refractivity contribution is 7.89. The van der Waals surface area contributed by atoms with Crippen LogP contribution in [0.2, 0.25) is 0 Å². The molecule has 0 bridgehead atoms. The molecule has 0 radical (unpaired) electrons. The van der Waals surface area contributed by atoms with Crippen molar-refractivity contribution in [1.29, 1.82) is 0 Å². The molecule has 0 aromatic heterocycles. The predicted molar refractivity (Wildman–Crippen MR) is 129 cm³/mol. The Labute approximate surface area is 208 Å². The quantitative estimate of drug-likeness (QED) is 0.278. The van der Waals surface area contributed by atoms with Gasteiger partial charge in [0.15, 0.2) is 5.78 Å². The number of halogens is 3. The Hall–Kier alpha value is -3.17. The van der Waals surface area contributed by atoms with E-state index in [4.69, 9.17) is 0 Å². The van der Waals surface area contributed by atoms with E-state index in [1.165, 1.54) is 17.1 Å². The number of ketones is 1. The van der Waals surface area contributed by atoms with Crippen molar-refractivity contribution in [3.8, 4) is 5.75 Å². The smallest absolute Gasteiger partial charge is 0.406 e. The highest BCUT2D eigenvalue weighted by Crippen LogP contribution is 2.34. The number of rotatable bonds is 11. The molecule has 1 saturated carbocycles. The van der Waals surface area contributed by atoms with E-state index >= 15 is 0 Å². The van der Waals surface area contributed by atoms with Gasteiger partial charge in [-0.2, -0.15) is 4.31 Å². The lowest BCUT2D eigenvalue weighted by molar-refractivity contribution is -0.274. The van der Waals surface area contributed by atoms with Crippen LogP contribution in [0.15, 0.2) is 83.8 Å². The number of Topliss-reactive ketones (excluding diaryl/α,β-unsaturated/α-hetero) is 1. The first-order valence-electron chi connectivity index (χ1n) is 11.6. The Kier molecular flexibility index (Phi) is 7.80. The Morgan fingerprint density at radius 1 is 0.861 bits per heavy atom. The molecule has 1 aliphatic rings. The summed E-state index contributed by atoms with van der Waals surface area (Å²) >= 11 is 0. The Morgan fingerprint density at radius 3 is 2.00 bits per heavy atom. The normalized spacial score (nSPS) is 14.1. The largest absolute Gasteiger partial charge is 0.573 e. The van der Waals surface area contributed by atoms with Crippen molar-refractivity contribution in [2.24, 2.45) is 5.92 Å². The molecular weight excluding hydrogens is 491 g/mol. The molecule has 1 fully saturated rings. The van der Waals surface area contributed by atoms with Crippen LogP contribution in [0.3, 0.4) is 0 Å². The molecule has 1 aliphatic carbocycles. The maximum absolute atomic E-state index is 13.5. The molecule has 0 aliphatic heterocycles. The monoisotopic (exact) mass is 517 g/mol. The highest BCUT2D eigenvalue weighted by Gasteiger charge is 2.31. The highest BCUT2D eigenvalue weighted by atomic mass is 32.2. The van der Waals surface area contributed by atoms with Gasteiger partial charge in [0.2, 0.25) is 10.0 Å². The molecule has 3 aromatic carbocycles. The van der Waals surface area contributed by atoms with Crippen molar-refractivity contribution < 1.29 is 31.1 Å². The fraction of sp³-hybridized carbons (Fsp3) is 0.296. The minimum atomic E-state index is -4.87. The Morgan fingerprint density at radius 2 is 1.44 bits per heavy atom. The summed E-state index contributed by atoms with van der Waals surface area (Å²) in [6, 6.07) is 20.0. The van der Waals surface area contributed by atoms with Crippen molar-refractivity contribution >= 4 is 15.8 Å². The zero-order valence-electron chi connectivity index (χ0n) is 19.4. The van der Waals surface area contributed by atoms with Crippen LogP contribution in [0, 0.1) is 5.92 Å². The van der Waals surface area contributed by atoms with Gasteiger partial charge >= 0.3 is 6.36 Å².